The van der Waals surface area contributed by atoms with Gasteiger partial charge in [0, 0.05) is 56.4 Å². The van der Waals surface area contributed by atoms with E-state index in [9.17, 15) is 4.79 Å². The lowest BCUT2D eigenvalue weighted by Gasteiger charge is -2.31. The van der Waals surface area contributed by atoms with E-state index < -0.39 is 0 Å². The molecule has 2 saturated heterocycles. The topological polar surface area (TPSA) is 80.3 Å². The standard InChI is InChI=1S/C20H30N6OS/c1-14-9-19(28-15(14)2)20(27)25-7-3-16(4-8-25)10-26-13-18(22-23-26)12-24-6-5-17(21)11-24/h9,13,16-17H,3-8,10-12,21H2,1-2H3. The van der Waals surface area contributed by atoms with Crippen molar-refractivity contribution in [1.82, 2.24) is 24.8 Å². The molecule has 2 fully saturated rings. The molecule has 2 aliphatic rings. The lowest BCUT2D eigenvalue weighted by Crippen LogP contribution is -2.39. The first-order chi connectivity index (χ1) is 13.5. The van der Waals surface area contributed by atoms with Gasteiger partial charge >= 0.3 is 0 Å². The Labute approximate surface area is 170 Å². The highest BCUT2D eigenvalue weighted by Crippen LogP contribution is 2.25. The van der Waals surface area contributed by atoms with Crippen LogP contribution in [0.3, 0.4) is 0 Å². The number of aromatic nitrogens is 3. The molecule has 0 radical (unpaired) electrons. The number of carbonyl (C=O) groups excluding carboxylic acids is 1. The molecule has 2 aromatic rings. The number of amides is 1. The van der Waals surface area contributed by atoms with Crippen molar-refractivity contribution < 1.29 is 4.79 Å². The van der Waals surface area contributed by atoms with Gasteiger partial charge in [-0.3, -0.25) is 14.4 Å². The Bertz CT molecular complexity index is 803. The third-order valence-electron chi connectivity index (χ3n) is 6.00. The zero-order chi connectivity index (χ0) is 19.7. The van der Waals surface area contributed by atoms with E-state index in [0.717, 1.165) is 69.1 Å². The Kier molecular flexibility index (Phi) is 5.80. The highest BCUT2D eigenvalue weighted by molar-refractivity contribution is 7.14. The summed E-state index contributed by atoms with van der Waals surface area (Å²) in [6.45, 7) is 9.50. The smallest absolute Gasteiger partial charge is 0.263 e. The summed E-state index contributed by atoms with van der Waals surface area (Å²) in [6.07, 6.45) is 5.17. The highest BCUT2D eigenvalue weighted by Gasteiger charge is 2.25. The first-order valence-corrected chi connectivity index (χ1v) is 11.0. The van der Waals surface area contributed by atoms with Gasteiger partial charge in [0.15, 0.2) is 0 Å². The number of aryl methyl sites for hydroxylation is 2. The summed E-state index contributed by atoms with van der Waals surface area (Å²) in [5, 5.41) is 8.65. The molecule has 8 heteroatoms. The number of hydrogen-bond acceptors (Lipinski definition) is 6. The molecule has 1 atom stereocenters. The zero-order valence-corrected chi connectivity index (χ0v) is 17.6. The Morgan fingerprint density at radius 3 is 2.68 bits per heavy atom. The Morgan fingerprint density at radius 1 is 1.25 bits per heavy atom. The number of hydrogen-bond donors (Lipinski definition) is 1. The van der Waals surface area contributed by atoms with Crippen molar-refractivity contribution in [3.8, 4) is 0 Å². The minimum Gasteiger partial charge on any atom is -0.338 e. The molecule has 2 aliphatic heterocycles. The van der Waals surface area contributed by atoms with Crippen LogP contribution in [-0.2, 0) is 13.1 Å². The number of carbonyl (C=O) groups is 1. The average Bonchev–Trinajstić information content (AvgIpc) is 3.38. The van der Waals surface area contributed by atoms with Crippen LogP contribution in [0.1, 0.15) is 45.1 Å². The van der Waals surface area contributed by atoms with E-state index in [0.29, 0.717) is 12.0 Å². The summed E-state index contributed by atoms with van der Waals surface area (Å²) in [4.78, 5) is 19.2. The first-order valence-electron chi connectivity index (χ1n) is 10.2. The van der Waals surface area contributed by atoms with Gasteiger partial charge in [-0.2, -0.15) is 0 Å². The predicted molar refractivity (Wildman–Crippen MR) is 110 cm³/mol. The maximum absolute atomic E-state index is 12.7. The summed E-state index contributed by atoms with van der Waals surface area (Å²) in [7, 11) is 0. The van der Waals surface area contributed by atoms with Crippen LogP contribution in [0, 0.1) is 19.8 Å². The van der Waals surface area contributed by atoms with Crippen LogP contribution in [0.5, 0.6) is 0 Å². The summed E-state index contributed by atoms with van der Waals surface area (Å²) in [6, 6.07) is 2.32. The molecule has 4 heterocycles. The van der Waals surface area contributed by atoms with Gasteiger partial charge in [-0.05, 0) is 50.7 Å². The number of nitrogens with two attached hydrogens (primary N) is 1. The Hall–Kier alpha value is -1.77. The Balaban J connectivity index is 1.26. The second-order valence-corrected chi connectivity index (χ2v) is 9.56. The van der Waals surface area contributed by atoms with Gasteiger partial charge < -0.3 is 10.6 Å². The summed E-state index contributed by atoms with van der Waals surface area (Å²) in [5.74, 6) is 0.733. The van der Waals surface area contributed by atoms with Crippen molar-refractivity contribution in [2.24, 2.45) is 11.7 Å². The molecule has 2 N–H and O–H groups in total. The minimum absolute atomic E-state index is 0.187. The molecule has 0 saturated carbocycles. The third-order valence-corrected chi connectivity index (χ3v) is 7.14. The van der Waals surface area contributed by atoms with Crippen LogP contribution in [0.25, 0.3) is 0 Å². The van der Waals surface area contributed by atoms with Crippen LogP contribution in [-0.4, -0.2) is 62.9 Å². The molecule has 1 unspecified atom stereocenters. The molecule has 0 spiro atoms. The van der Waals surface area contributed by atoms with Gasteiger partial charge in [-0.1, -0.05) is 5.21 Å². The summed E-state index contributed by atoms with van der Waals surface area (Å²) in [5.41, 5.74) is 8.20. The fourth-order valence-corrected chi connectivity index (χ4v) is 5.15. The van der Waals surface area contributed by atoms with E-state index in [1.807, 2.05) is 15.6 Å². The van der Waals surface area contributed by atoms with Crippen LogP contribution in [0.15, 0.2) is 12.3 Å². The molecule has 1 amide bonds. The zero-order valence-electron chi connectivity index (χ0n) is 16.8. The largest absolute Gasteiger partial charge is 0.338 e. The fourth-order valence-electron chi connectivity index (χ4n) is 4.15. The highest BCUT2D eigenvalue weighted by atomic mass is 32.1. The monoisotopic (exact) mass is 402 g/mol. The van der Waals surface area contributed by atoms with Crippen molar-refractivity contribution in [3.05, 3.63) is 33.3 Å². The average molecular weight is 403 g/mol. The molecular weight excluding hydrogens is 372 g/mol. The normalized spacial score (nSPS) is 21.5. The summed E-state index contributed by atoms with van der Waals surface area (Å²) < 4.78 is 1.97. The molecule has 0 aromatic carbocycles. The first kappa shape index (κ1) is 19.5. The minimum atomic E-state index is 0.187. The van der Waals surface area contributed by atoms with Gasteiger partial charge in [-0.25, -0.2) is 0 Å². The molecule has 28 heavy (non-hydrogen) atoms. The van der Waals surface area contributed by atoms with Crippen molar-refractivity contribution in [3.63, 3.8) is 0 Å². The number of likely N-dealkylation sites (tertiary alicyclic amines) is 2. The van der Waals surface area contributed by atoms with E-state index in [-0.39, 0.29) is 5.91 Å². The maximum Gasteiger partial charge on any atom is 0.263 e. The van der Waals surface area contributed by atoms with Crippen molar-refractivity contribution in [2.45, 2.75) is 52.2 Å². The van der Waals surface area contributed by atoms with Crippen LogP contribution in [0.4, 0.5) is 0 Å². The SMILES string of the molecule is Cc1cc(C(=O)N2CCC(Cn3cc(CN4CCC(N)C4)nn3)CC2)sc1C. The van der Waals surface area contributed by atoms with Crippen LogP contribution in [0.2, 0.25) is 0 Å². The number of nitrogens with zero attached hydrogens (tertiary/aromatic N) is 5. The molecular formula is C20H30N6OS. The van der Waals surface area contributed by atoms with E-state index >= 15 is 0 Å². The second-order valence-electron chi connectivity index (χ2n) is 8.30. The van der Waals surface area contributed by atoms with Gasteiger partial charge in [0.25, 0.3) is 5.91 Å². The van der Waals surface area contributed by atoms with Crippen molar-refractivity contribution >= 4 is 17.2 Å². The van der Waals surface area contributed by atoms with E-state index in [2.05, 4.69) is 35.3 Å². The molecule has 4 rings (SSSR count). The van der Waals surface area contributed by atoms with Gasteiger partial charge in [0.1, 0.15) is 0 Å². The quantitative estimate of drug-likeness (QED) is 0.828. The number of thiophene rings is 1. The second kappa shape index (κ2) is 8.31. The van der Waals surface area contributed by atoms with E-state index in [1.54, 1.807) is 11.3 Å². The molecule has 2 aromatic heterocycles. The van der Waals surface area contributed by atoms with Crippen molar-refractivity contribution in [2.75, 3.05) is 26.2 Å². The van der Waals surface area contributed by atoms with E-state index in [1.165, 1.54) is 10.4 Å². The predicted octanol–water partition coefficient (Wildman–Crippen LogP) is 2.04. The van der Waals surface area contributed by atoms with Gasteiger partial charge in [-0.15, -0.1) is 16.4 Å². The Morgan fingerprint density at radius 2 is 2.04 bits per heavy atom. The fraction of sp³-hybridized carbons (Fsp3) is 0.650. The number of rotatable bonds is 5. The van der Waals surface area contributed by atoms with Crippen LogP contribution < -0.4 is 5.73 Å². The third kappa shape index (κ3) is 4.45. The maximum atomic E-state index is 12.7. The molecule has 0 bridgehead atoms. The van der Waals surface area contributed by atoms with Gasteiger partial charge in [0.2, 0.25) is 0 Å². The molecule has 152 valence electrons. The van der Waals surface area contributed by atoms with Gasteiger partial charge in [0.05, 0.1) is 10.6 Å². The lowest BCUT2D eigenvalue weighted by atomic mass is 9.96. The molecule has 0 aliphatic carbocycles. The van der Waals surface area contributed by atoms with E-state index in [4.69, 9.17) is 5.73 Å². The van der Waals surface area contributed by atoms with Crippen LogP contribution >= 0.6 is 11.3 Å². The molecule has 7 nitrogen and oxygen atoms in total. The van der Waals surface area contributed by atoms with Crippen molar-refractivity contribution in [1.29, 1.82) is 0 Å². The lowest BCUT2D eigenvalue weighted by molar-refractivity contribution is 0.0686. The summed E-state index contributed by atoms with van der Waals surface area (Å²) >= 11 is 1.61. The number of piperidine rings is 1.